The molecular weight excluding hydrogens is 206 g/mol. The van der Waals surface area contributed by atoms with Crippen molar-refractivity contribution in [2.45, 2.75) is 4.90 Å². The molecule has 0 unspecified atom stereocenters. The lowest BCUT2D eigenvalue weighted by molar-refractivity contribution is -0.255. The van der Waals surface area contributed by atoms with Gasteiger partial charge in [0.05, 0.1) is 10.9 Å². The molecule has 0 saturated heterocycles. The molecule has 14 heavy (non-hydrogen) atoms. The predicted octanol–water partition coefficient (Wildman–Crippen LogP) is -1.04. The largest absolute Gasteiger partial charge is 0.545 e. The molecule has 1 rings (SSSR count). The molecule has 5 nitrogen and oxygen atoms in total. The van der Waals surface area contributed by atoms with Crippen LogP contribution in [0.15, 0.2) is 29.2 Å². The molecule has 0 aliphatic heterocycles. The molecule has 0 aliphatic carbocycles. The third-order valence-corrected chi connectivity index (χ3v) is 3.06. The van der Waals surface area contributed by atoms with Crippen LogP contribution in [-0.2, 0) is 10.0 Å². The van der Waals surface area contributed by atoms with Crippen LogP contribution in [0, 0.1) is 0 Å². The summed E-state index contributed by atoms with van der Waals surface area (Å²) in [6.07, 6.45) is 0. The number of aromatic carboxylic acids is 1. The molecule has 0 aromatic heterocycles. The quantitative estimate of drug-likeness (QED) is 0.696. The summed E-state index contributed by atoms with van der Waals surface area (Å²) >= 11 is 0. The molecule has 0 aliphatic rings. The van der Waals surface area contributed by atoms with Crippen molar-refractivity contribution >= 4 is 16.0 Å². The fraction of sp³-hybridized carbons (Fsp3) is 0.125. The molecule has 1 N–H and O–H groups in total. The molecule has 0 saturated carbocycles. The van der Waals surface area contributed by atoms with E-state index in [0.29, 0.717) is 0 Å². The van der Waals surface area contributed by atoms with Crippen molar-refractivity contribution < 1.29 is 18.3 Å². The first-order valence-electron chi connectivity index (χ1n) is 3.72. The SMILES string of the molecule is CNS(=O)(=O)c1cccc(C(=O)[O-])c1. The summed E-state index contributed by atoms with van der Waals surface area (Å²) in [7, 11) is -2.34. The number of nitrogens with one attached hydrogen (secondary N) is 1. The van der Waals surface area contributed by atoms with Gasteiger partial charge < -0.3 is 9.90 Å². The zero-order valence-corrected chi connectivity index (χ0v) is 8.17. The topological polar surface area (TPSA) is 86.3 Å². The number of sulfonamides is 1. The monoisotopic (exact) mass is 214 g/mol. The van der Waals surface area contributed by atoms with E-state index in [9.17, 15) is 18.3 Å². The summed E-state index contributed by atoms with van der Waals surface area (Å²) in [4.78, 5) is 10.3. The van der Waals surface area contributed by atoms with Gasteiger partial charge in [0.1, 0.15) is 0 Å². The van der Waals surface area contributed by atoms with Crippen molar-refractivity contribution in [2.24, 2.45) is 0 Å². The summed E-state index contributed by atoms with van der Waals surface area (Å²) in [5.41, 5.74) is -0.165. The summed E-state index contributed by atoms with van der Waals surface area (Å²) < 4.78 is 24.6. The van der Waals surface area contributed by atoms with Gasteiger partial charge in [0.15, 0.2) is 0 Å². The van der Waals surface area contributed by atoms with E-state index in [1.807, 2.05) is 0 Å². The van der Waals surface area contributed by atoms with Crippen LogP contribution < -0.4 is 9.83 Å². The Labute approximate surface area is 81.4 Å². The summed E-state index contributed by atoms with van der Waals surface area (Å²) in [5.74, 6) is -1.40. The Bertz CT molecular complexity index is 452. The normalized spacial score (nSPS) is 11.2. The van der Waals surface area contributed by atoms with Gasteiger partial charge in [0, 0.05) is 0 Å². The summed E-state index contributed by atoms with van der Waals surface area (Å²) in [6.45, 7) is 0. The number of carbonyl (C=O) groups is 1. The number of hydrogen-bond acceptors (Lipinski definition) is 4. The lowest BCUT2D eigenvalue weighted by Crippen LogP contribution is -2.23. The van der Waals surface area contributed by atoms with Gasteiger partial charge in [-0.1, -0.05) is 12.1 Å². The van der Waals surface area contributed by atoms with Crippen molar-refractivity contribution in [1.29, 1.82) is 0 Å². The Morgan fingerprint density at radius 2 is 2.07 bits per heavy atom. The third-order valence-electron chi connectivity index (χ3n) is 1.65. The summed E-state index contributed by atoms with van der Waals surface area (Å²) in [5, 5.41) is 10.4. The second kappa shape index (κ2) is 3.77. The standard InChI is InChI=1S/C8H9NO4S/c1-9-14(12,13)7-4-2-3-6(5-7)8(10)11/h2-5,9H,1H3,(H,10,11)/p-1. The van der Waals surface area contributed by atoms with Crippen LogP contribution in [0.1, 0.15) is 10.4 Å². The molecule has 0 radical (unpaired) electrons. The summed E-state index contributed by atoms with van der Waals surface area (Å²) in [6, 6.07) is 4.96. The predicted molar refractivity (Wildman–Crippen MR) is 47.0 cm³/mol. The highest BCUT2D eigenvalue weighted by Gasteiger charge is 2.11. The first-order valence-corrected chi connectivity index (χ1v) is 5.20. The molecule has 0 amide bonds. The van der Waals surface area contributed by atoms with Crippen LogP contribution in [0.3, 0.4) is 0 Å². The Morgan fingerprint density at radius 3 is 2.57 bits per heavy atom. The molecule has 1 aromatic carbocycles. The number of carboxylic acids is 1. The molecule has 6 heteroatoms. The molecule has 76 valence electrons. The van der Waals surface area contributed by atoms with Crippen LogP contribution in [-0.4, -0.2) is 21.4 Å². The highest BCUT2D eigenvalue weighted by molar-refractivity contribution is 7.89. The van der Waals surface area contributed by atoms with E-state index in [-0.39, 0.29) is 10.5 Å². The van der Waals surface area contributed by atoms with E-state index in [4.69, 9.17) is 0 Å². The van der Waals surface area contributed by atoms with Gasteiger partial charge in [-0.25, -0.2) is 13.1 Å². The highest BCUT2D eigenvalue weighted by Crippen LogP contribution is 2.10. The van der Waals surface area contributed by atoms with Crippen molar-refractivity contribution in [1.82, 2.24) is 4.72 Å². The zero-order chi connectivity index (χ0) is 10.8. The van der Waals surface area contributed by atoms with Crippen molar-refractivity contribution in [3.8, 4) is 0 Å². The maximum atomic E-state index is 11.3. The fourth-order valence-corrected chi connectivity index (χ4v) is 1.68. The minimum atomic E-state index is -3.60. The number of hydrogen-bond donors (Lipinski definition) is 1. The maximum absolute atomic E-state index is 11.3. The average Bonchev–Trinajstić information content (AvgIpc) is 2.18. The van der Waals surface area contributed by atoms with E-state index in [2.05, 4.69) is 4.72 Å². The first kappa shape index (κ1) is 10.7. The lowest BCUT2D eigenvalue weighted by Gasteiger charge is -2.05. The second-order valence-electron chi connectivity index (χ2n) is 2.52. The highest BCUT2D eigenvalue weighted by atomic mass is 32.2. The van der Waals surface area contributed by atoms with Gasteiger partial charge in [-0.3, -0.25) is 0 Å². The lowest BCUT2D eigenvalue weighted by atomic mass is 10.2. The van der Waals surface area contributed by atoms with E-state index >= 15 is 0 Å². The molecule has 0 bridgehead atoms. The van der Waals surface area contributed by atoms with E-state index < -0.39 is 16.0 Å². The van der Waals surface area contributed by atoms with Crippen molar-refractivity contribution in [2.75, 3.05) is 7.05 Å². The minimum Gasteiger partial charge on any atom is -0.545 e. The Balaban J connectivity index is 3.26. The second-order valence-corrected chi connectivity index (χ2v) is 4.41. The minimum absolute atomic E-state index is 0.0956. The van der Waals surface area contributed by atoms with Gasteiger partial charge in [0.25, 0.3) is 0 Å². The number of carboxylic acid groups (broad SMARTS) is 1. The van der Waals surface area contributed by atoms with Crippen molar-refractivity contribution in [3.63, 3.8) is 0 Å². The third kappa shape index (κ3) is 2.09. The van der Waals surface area contributed by atoms with Gasteiger partial charge in [-0.2, -0.15) is 0 Å². The molecule has 0 atom stereocenters. The molecular formula is C8H8NO4S-. The smallest absolute Gasteiger partial charge is 0.240 e. The molecule has 0 spiro atoms. The van der Waals surface area contributed by atoms with Gasteiger partial charge in [-0.05, 0) is 24.7 Å². The van der Waals surface area contributed by atoms with Crippen LogP contribution in [0.25, 0.3) is 0 Å². The van der Waals surface area contributed by atoms with Gasteiger partial charge >= 0.3 is 0 Å². The number of carbonyl (C=O) groups excluding carboxylic acids is 1. The van der Waals surface area contributed by atoms with E-state index in [1.165, 1.54) is 25.2 Å². The van der Waals surface area contributed by atoms with Gasteiger partial charge in [0.2, 0.25) is 10.0 Å². The maximum Gasteiger partial charge on any atom is 0.240 e. The Hall–Kier alpha value is -1.40. The zero-order valence-electron chi connectivity index (χ0n) is 7.35. The Morgan fingerprint density at radius 1 is 1.43 bits per heavy atom. The Kier molecular flexibility index (Phi) is 2.87. The van der Waals surface area contributed by atoms with E-state index in [1.54, 1.807) is 0 Å². The van der Waals surface area contributed by atoms with Crippen LogP contribution in [0.2, 0.25) is 0 Å². The average molecular weight is 214 g/mol. The molecule has 1 aromatic rings. The number of benzene rings is 1. The molecule has 0 heterocycles. The van der Waals surface area contributed by atoms with E-state index in [0.717, 1.165) is 6.07 Å². The first-order chi connectivity index (χ1) is 6.47. The fourth-order valence-electron chi connectivity index (χ4n) is 0.908. The van der Waals surface area contributed by atoms with Gasteiger partial charge in [-0.15, -0.1) is 0 Å². The van der Waals surface area contributed by atoms with Crippen LogP contribution in [0.4, 0.5) is 0 Å². The number of rotatable bonds is 3. The van der Waals surface area contributed by atoms with Crippen molar-refractivity contribution in [3.05, 3.63) is 29.8 Å². The van der Waals surface area contributed by atoms with Crippen LogP contribution in [0.5, 0.6) is 0 Å². The van der Waals surface area contributed by atoms with Crippen LogP contribution >= 0.6 is 0 Å². The molecule has 0 fully saturated rings.